The number of hydrogen-bond acceptors (Lipinski definition) is 5. The smallest absolute Gasteiger partial charge is 0.305 e. The summed E-state index contributed by atoms with van der Waals surface area (Å²) in [5, 5.41) is 23.3. The van der Waals surface area contributed by atoms with Crippen molar-refractivity contribution >= 4 is 11.9 Å². The van der Waals surface area contributed by atoms with Crippen LogP contribution in [0.4, 0.5) is 0 Å². The second-order valence-corrected chi connectivity index (χ2v) is 29.5. The number of hydrogen-bond donors (Lipinski definition) is 3. The first-order valence-electron chi connectivity index (χ1n) is 42.8. The molecule has 0 heterocycles. The van der Waals surface area contributed by atoms with Gasteiger partial charge in [0.1, 0.15) is 0 Å². The third kappa shape index (κ3) is 79.0. The largest absolute Gasteiger partial charge is 0.466 e. The Morgan fingerprint density at radius 1 is 0.301 bits per heavy atom. The highest BCUT2D eigenvalue weighted by atomic mass is 16.5. The second kappa shape index (κ2) is 82.5. The molecule has 0 bridgehead atoms. The van der Waals surface area contributed by atoms with Gasteiger partial charge in [0.2, 0.25) is 5.91 Å². The lowest BCUT2D eigenvalue weighted by atomic mass is 10.0. The van der Waals surface area contributed by atoms with Crippen molar-refractivity contribution in [2.45, 2.75) is 495 Å². The molecule has 0 aliphatic heterocycles. The number of ether oxygens (including phenoxy) is 1. The number of amides is 1. The predicted molar refractivity (Wildman–Crippen MR) is 412 cm³/mol. The third-order valence-corrected chi connectivity index (χ3v) is 20.2. The number of allylic oxidation sites excluding steroid dienone is 5. The molecule has 0 fully saturated rings. The van der Waals surface area contributed by atoms with Crippen molar-refractivity contribution in [3.63, 3.8) is 0 Å². The van der Waals surface area contributed by atoms with Crippen LogP contribution in [-0.2, 0) is 14.3 Å². The van der Waals surface area contributed by atoms with Gasteiger partial charge in [-0.3, -0.25) is 9.59 Å². The number of aliphatic hydroxyl groups excluding tert-OH is 2. The Morgan fingerprint density at radius 3 is 0.817 bits per heavy atom. The monoisotopic (exact) mass is 1310 g/mol. The normalized spacial score (nSPS) is 12.6. The fourth-order valence-corrected chi connectivity index (χ4v) is 13.7. The summed E-state index contributed by atoms with van der Waals surface area (Å²) in [7, 11) is 0. The van der Waals surface area contributed by atoms with E-state index in [9.17, 15) is 19.8 Å². The van der Waals surface area contributed by atoms with Crippen LogP contribution in [0.2, 0.25) is 0 Å². The Kier molecular flexibility index (Phi) is 80.8. The Hall–Kier alpha value is -1.92. The fraction of sp³-hybridized carbons (Fsp3) is 0.908. The van der Waals surface area contributed by atoms with E-state index in [1.807, 2.05) is 6.08 Å². The topological polar surface area (TPSA) is 95.9 Å². The van der Waals surface area contributed by atoms with E-state index >= 15 is 0 Å². The van der Waals surface area contributed by atoms with Crippen molar-refractivity contribution in [3.05, 3.63) is 36.5 Å². The highest BCUT2D eigenvalue weighted by Crippen LogP contribution is 2.20. The first-order chi connectivity index (χ1) is 46.0. The predicted octanol–water partition coefficient (Wildman–Crippen LogP) is 28.6. The summed E-state index contributed by atoms with van der Waals surface area (Å²) in [5.74, 6) is -0.0370. The van der Waals surface area contributed by atoms with Crippen LogP contribution in [0, 0.1) is 0 Å². The van der Waals surface area contributed by atoms with Gasteiger partial charge in [-0.15, -0.1) is 0 Å². The molecular weight excluding hydrogens is 1140 g/mol. The molecule has 550 valence electrons. The molecule has 3 N–H and O–H groups in total. The van der Waals surface area contributed by atoms with Crippen LogP contribution in [0.1, 0.15) is 483 Å². The Bertz CT molecular complexity index is 1510. The van der Waals surface area contributed by atoms with Gasteiger partial charge in [0.05, 0.1) is 25.4 Å². The quantitative estimate of drug-likeness (QED) is 0.0320. The first-order valence-corrected chi connectivity index (χ1v) is 42.8. The fourth-order valence-electron chi connectivity index (χ4n) is 13.7. The number of rotatable bonds is 81. The molecule has 2 unspecified atom stereocenters. The first kappa shape index (κ1) is 91.1. The number of carbonyl (C=O) groups is 2. The van der Waals surface area contributed by atoms with E-state index in [4.69, 9.17) is 4.74 Å². The maximum atomic E-state index is 12.6. The number of unbranched alkanes of at least 4 members (excludes halogenated alkanes) is 66. The van der Waals surface area contributed by atoms with Crippen LogP contribution in [-0.4, -0.2) is 47.4 Å². The zero-order valence-electron chi connectivity index (χ0n) is 63.3. The minimum Gasteiger partial charge on any atom is -0.466 e. The number of carbonyl (C=O) groups excluding carboxylic acids is 2. The van der Waals surface area contributed by atoms with Crippen molar-refractivity contribution in [2.24, 2.45) is 0 Å². The molecule has 0 aromatic rings. The van der Waals surface area contributed by atoms with Gasteiger partial charge in [-0.25, -0.2) is 0 Å². The minimum atomic E-state index is -0.844. The van der Waals surface area contributed by atoms with E-state index in [1.54, 1.807) is 6.08 Å². The number of aliphatic hydroxyl groups is 2. The summed E-state index contributed by atoms with van der Waals surface area (Å²) >= 11 is 0. The molecule has 6 nitrogen and oxygen atoms in total. The molecular formula is C87H167NO5. The lowest BCUT2D eigenvalue weighted by Gasteiger charge is -2.20. The molecule has 0 spiro atoms. The zero-order chi connectivity index (χ0) is 67.0. The molecule has 0 saturated heterocycles. The third-order valence-electron chi connectivity index (χ3n) is 20.2. The molecule has 0 aliphatic rings. The summed E-state index contributed by atoms with van der Waals surface area (Å²) in [5.41, 5.74) is 0. The minimum absolute atomic E-state index is 0.0230. The average Bonchev–Trinajstić information content (AvgIpc) is 3.72. The molecule has 0 aromatic heterocycles. The van der Waals surface area contributed by atoms with Gasteiger partial charge in [-0.1, -0.05) is 442 Å². The van der Waals surface area contributed by atoms with Crippen LogP contribution in [0.25, 0.3) is 0 Å². The number of nitrogens with one attached hydrogen (secondary N) is 1. The van der Waals surface area contributed by atoms with E-state index in [-0.39, 0.29) is 18.5 Å². The van der Waals surface area contributed by atoms with Crippen LogP contribution in [0.15, 0.2) is 36.5 Å². The number of esters is 1. The van der Waals surface area contributed by atoms with Crippen molar-refractivity contribution in [2.75, 3.05) is 13.2 Å². The van der Waals surface area contributed by atoms with E-state index in [0.717, 1.165) is 44.9 Å². The van der Waals surface area contributed by atoms with Gasteiger partial charge < -0.3 is 20.3 Å². The van der Waals surface area contributed by atoms with Gasteiger partial charge >= 0.3 is 5.97 Å². The van der Waals surface area contributed by atoms with E-state index in [2.05, 4.69) is 43.5 Å². The zero-order valence-corrected chi connectivity index (χ0v) is 63.3. The van der Waals surface area contributed by atoms with Crippen LogP contribution in [0.5, 0.6) is 0 Å². The van der Waals surface area contributed by atoms with Crippen molar-refractivity contribution < 1.29 is 24.5 Å². The van der Waals surface area contributed by atoms with Crippen LogP contribution < -0.4 is 5.32 Å². The van der Waals surface area contributed by atoms with Crippen molar-refractivity contribution in [1.29, 1.82) is 0 Å². The Balaban J connectivity index is 3.37. The average molecular weight is 1310 g/mol. The molecule has 0 rings (SSSR count). The molecule has 0 radical (unpaired) electrons. The summed E-state index contributed by atoms with van der Waals surface area (Å²) in [6.07, 6.45) is 109. The van der Waals surface area contributed by atoms with E-state index in [0.29, 0.717) is 19.4 Å². The van der Waals surface area contributed by atoms with Crippen molar-refractivity contribution in [1.82, 2.24) is 5.32 Å². The maximum Gasteiger partial charge on any atom is 0.305 e. The second-order valence-electron chi connectivity index (χ2n) is 29.5. The Morgan fingerprint density at radius 2 is 0.538 bits per heavy atom. The summed E-state index contributed by atoms with van der Waals surface area (Å²) < 4.78 is 5.51. The van der Waals surface area contributed by atoms with Crippen LogP contribution >= 0.6 is 0 Å². The van der Waals surface area contributed by atoms with Gasteiger partial charge in [0, 0.05) is 12.8 Å². The van der Waals surface area contributed by atoms with Gasteiger partial charge in [0.25, 0.3) is 0 Å². The lowest BCUT2D eigenvalue weighted by molar-refractivity contribution is -0.143. The molecule has 0 aromatic carbocycles. The van der Waals surface area contributed by atoms with Crippen LogP contribution in [0.3, 0.4) is 0 Å². The molecule has 1 amide bonds. The van der Waals surface area contributed by atoms with Gasteiger partial charge in [-0.05, 0) is 64.2 Å². The van der Waals surface area contributed by atoms with E-state index < -0.39 is 12.1 Å². The van der Waals surface area contributed by atoms with Crippen molar-refractivity contribution in [3.8, 4) is 0 Å². The van der Waals surface area contributed by atoms with E-state index in [1.165, 1.54) is 411 Å². The van der Waals surface area contributed by atoms with Gasteiger partial charge in [0.15, 0.2) is 0 Å². The SMILES string of the molecule is CCCCCCCCCCCCCCCCCCCCCCC/C=C/C(O)C(CO)NC(=O)CCCCCCCCCCCCCCCCCCC/C=C\C/C=C\CCCCCCCCCCCCCCCOC(=O)CCCCCCCCCCCCCCCCCC. The Labute approximate surface area is 583 Å². The highest BCUT2D eigenvalue weighted by molar-refractivity contribution is 5.76. The molecule has 0 saturated carbocycles. The summed E-state index contributed by atoms with van der Waals surface area (Å²) in [6.45, 7) is 4.97. The molecule has 6 heteroatoms. The standard InChI is InChI=1S/C87H167NO5/c1-3-5-7-9-11-13-15-17-19-21-22-23-39-42-45-48-51-55-59-63-67-71-75-79-85(90)84(83-89)88-86(91)80-76-72-68-64-60-56-52-49-46-43-40-37-35-33-31-29-27-25-24-26-28-30-32-34-36-38-41-44-47-50-54-58-62-66-70-74-78-82-93-87(92)81-77-73-69-65-61-57-53-20-18-16-14-12-10-8-6-4-2/h24,26,30,32,75,79,84-85,89-90H,3-23,25,27-29,31,33-74,76-78,80-83H2,1-2H3,(H,88,91)/b26-24-,32-30-,79-75+. The summed E-state index contributed by atoms with van der Waals surface area (Å²) in [6, 6.07) is -0.627. The summed E-state index contributed by atoms with van der Waals surface area (Å²) in [4.78, 5) is 24.7. The maximum absolute atomic E-state index is 12.6. The molecule has 2 atom stereocenters. The molecule has 0 aliphatic carbocycles. The lowest BCUT2D eigenvalue weighted by Crippen LogP contribution is -2.45. The van der Waals surface area contributed by atoms with Gasteiger partial charge in [-0.2, -0.15) is 0 Å². The molecule has 93 heavy (non-hydrogen) atoms. The highest BCUT2D eigenvalue weighted by Gasteiger charge is 2.18.